The molecule has 1 atom stereocenters. The predicted molar refractivity (Wildman–Crippen MR) is 106 cm³/mol. The van der Waals surface area contributed by atoms with Gasteiger partial charge in [0, 0.05) is 12.0 Å². The van der Waals surface area contributed by atoms with Gasteiger partial charge in [0.1, 0.15) is 29.8 Å². The maximum atomic E-state index is 13.6. The van der Waals surface area contributed by atoms with E-state index in [1.54, 1.807) is 63.2 Å². The summed E-state index contributed by atoms with van der Waals surface area (Å²) >= 11 is 0. The third kappa shape index (κ3) is 7.44. The second-order valence-electron chi connectivity index (χ2n) is 7.45. The highest BCUT2D eigenvalue weighted by Crippen LogP contribution is 2.17. The van der Waals surface area contributed by atoms with Crippen LogP contribution in [0.1, 0.15) is 31.9 Å². The SMILES string of the molecule is COC(=O)[C@H](Cc1ccc(OCc2ccccc2F)cc1)NC(=O)OC(C)(C)C. The summed E-state index contributed by atoms with van der Waals surface area (Å²) in [5.74, 6) is -0.333. The van der Waals surface area contributed by atoms with Crippen LogP contribution in [0.15, 0.2) is 48.5 Å². The number of ether oxygens (including phenoxy) is 3. The Bertz CT molecular complexity index is 830. The van der Waals surface area contributed by atoms with Gasteiger partial charge < -0.3 is 19.5 Å². The first-order chi connectivity index (χ1) is 13.7. The van der Waals surface area contributed by atoms with E-state index < -0.39 is 23.7 Å². The van der Waals surface area contributed by atoms with E-state index >= 15 is 0 Å². The highest BCUT2D eigenvalue weighted by molar-refractivity contribution is 5.81. The van der Waals surface area contributed by atoms with E-state index in [1.807, 2.05) is 0 Å². The van der Waals surface area contributed by atoms with E-state index in [-0.39, 0.29) is 18.8 Å². The summed E-state index contributed by atoms with van der Waals surface area (Å²) in [4.78, 5) is 24.0. The third-order valence-electron chi connectivity index (χ3n) is 3.89. The van der Waals surface area contributed by atoms with Crippen molar-refractivity contribution in [3.05, 3.63) is 65.5 Å². The van der Waals surface area contributed by atoms with Crippen LogP contribution < -0.4 is 10.1 Å². The van der Waals surface area contributed by atoms with E-state index in [4.69, 9.17) is 14.2 Å². The minimum absolute atomic E-state index is 0.108. The second kappa shape index (κ2) is 9.91. The lowest BCUT2D eigenvalue weighted by atomic mass is 10.1. The van der Waals surface area contributed by atoms with Crippen molar-refractivity contribution in [1.29, 1.82) is 0 Å². The average Bonchev–Trinajstić information content (AvgIpc) is 2.66. The van der Waals surface area contributed by atoms with E-state index in [1.165, 1.54) is 13.2 Å². The molecule has 0 aliphatic heterocycles. The molecule has 0 unspecified atom stereocenters. The normalized spacial score (nSPS) is 12.0. The maximum Gasteiger partial charge on any atom is 0.408 e. The number of halogens is 1. The van der Waals surface area contributed by atoms with Crippen LogP contribution in [0.2, 0.25) is 0 Å². The summed E-state index contributed by atoms with van der Waals surface area (Å²) in [5, 5.41) is 2.53. The molecule has 0 aliphatic rings. The Morgan fingerprint density at radius 3 is 2.31 bits per heavy atom. The quantitative estimate of drug-likeness (QED) is 0.707. The molecular weight excluding hydrogens is 377 g/mol. The van der Waals surface area contributed by atoms with E-state index in [9.17, 15) is 14.0 Å². The maximum absolute atomic E-state index is 13.6. The Morgan fingerprint density at radius 1 is 1.07 bits per heavy atom. The minimum atomic E-state index is -0.889. The van der Waals surface area contributed by atoms with Crippen LogP contribution >= 0.6 is 0 Å². The van der Waals surface area contributed by atoms with Crippen molar-refractivity contribution >= 4 is 12.1 Å². The van der Waals surface area contributed by atoms with Crippen LogP contribution in [0.4, 0.5) is 9.18 Å². The van der Waals surface area contributed by atoms with Gasteiger partial charge in [0.25, 0.3) is 0 Å². The van der Waals surface area contributed by atoms with E-state index in [2.05, 4.69) is 5.32 Å². The van der Waals surface area contributed by atoms with Gasteiger partial charge in [-0.3, -0.25) is 0 Å². The highest BCUT2D eigenvalue weighted by atomic mass is 19.1. The Hall–Kier alpha value is -3.09. The molecule has 156 valence electrons. The number of methoxy groups -OCH3 is 1. The van der Waals surface area contributed by atoms with Crippen molar-refractivity contribution in [2.24, 2.45) is 0 Å². The summed E-state index contributed by atoms with van der Waals surface area (Å²) in [6.45, 7) is 5.32. The molecule has 2 rings (SSSR count). The molecule has 0 spiro atoms. The number of carbonyl (C=O) groups excluding carboxylic acids is 2. The molecule has 29 heavy (non-hydrogen) atoms. The molecule has 0 radical (unpaired) electrons. The number of nitrogens with one attached hydrogen (secondary N) is 1. The Kier molecular flexibility index (Phi) is 7.59. The van der Waals surface area contributed by atoms with Gasteiger partial charge in [-0.1, -0.05) is 30.3 Å². The van der Waals surface area contributed by atoms with Gasteiger partial charge in [0.05, 0.1) is 7.11 Å². The molecule has 0 aliphatic carbocycles. The van der Waals surface area contributed by atoms with Crippen molar-refractivity contribution in [2.45, 2.75) is 45.4 Å². The van der Waals surface area contributed by atoms with Gasteiger partial charge in [-0.2, -0.15) is 0 Å². The molecule has 0 fully saturated rings. The molecule has 2 aromatic carbocycles. The molecule has 0 bridgehead atoms. The molecule has 0 saturated heterocycles. The number of esters is 1. The van der Waals surface area contributed by atoms with Crippen molar-refractivity contribution in [3.8, 4) is 5.75 Å². The molecule has 1 amide bonds. The molecule has 0 aromatic heterocycles. The van der Waals surface area contributed by atoms with Gasteiger partial charge in [0.2, 0.25) is 0 Å². The third-order valence-corrected chi connectivity index (χ3v) is 3.89. The Morgan fingerprint density at radius 2 is 1.72 bits per heavy atom. The Balaban J connectivity index is 1.98. The van der Waals surface area contributed by atoms with Gasteiger partial charge in [0.15, 0.2) is 0 Å². The summed E-state index contributed by atoms with van der Waals surface area (Å²) in [6, 6.07) is 12.5. The predicted octanol–water partition coefficient (Wildman–Crippen LogP) is 4.01. The number of hydrogen-bond donors (Lipinski definition) is 1. The molecular formula is C22H26FNO5. The molecule has 1 N–H and O–H groups in total. The second-order valence-corrected chi connectivity index (χ2v) is 7.45. The summed E-state index contributed by atoms with van der Waals surface area (Å²) < 4.78 is 29.2. The lowest BCUT2D eigenvalue weighted by molar-refractivity contribution is -0.143. The molecule has 2 aromatic rings. The smallest absolute Gasteiger partial charge is 0.408 e. The van der Waals surface area contributed by atoms with Crippen molar-refractivity contribution < 1.29 is 28.2 Å². The highest BCUT2D eigenvalue weighted by Gasteiger charge is 2.25. The van der Waals surface area contributed by atoms with E-state index in [0.717, 1.165) is 5.56 Å². The van der Waals surface area contributed by atoms with Gasteiger partial charge in [-0.05, 0) is 44.5 Å². The number of rotatable bonds is 7. The van der Waals surface area contributed by atoms with Gasteiger partial charge >= 0.3 is 12.1 Å². The van der Waals surface area contributed by atoms with Crippen LogP contribution in [0.3, 0.4) is 0 Å². The van der Waals surface area contributed by atoms with E-state index in [0.29, 0.717) is 11.3 Å². The minimum Gasteiger partial charge on any atom is -0.489 e. The lowest BCUT2D eigenvalue weighted by Crippen LogP contribution is -2.45. The average molecular weight is 403 g/mol. The van der Waals surface area contributed by atoms with Crippen molar-refractivity contribution in [3.63, 3.8) is 0 Å². The fourth-order valence-corrected chi connectivity index (χ4v) is 2.52. The first kappa shape index (κ1) is 22.2. The van der Waals surface area contributed by atoms with Gasteiger partial charge in [-0.15, -0.1) is 0 Å². The Labute approximate surface area is 170 Å². The largest absolute Gasteiger partial charge is 0.489 e. The molecule has 0 saturated carbocycles. The zero-order valence-corrected chi connectivity index (χ0v) is 17.0. The molecule has 0 heterocycles. The molecule has 7 heteroatoms. The van der Waals surface area contributed by atoms with Crippen LogP contribution in [-0.2, 0) is 27.3 Å². The summed E-state index contributed by atoms with van der Waals surface area (Å²) in [6.07, 6.45) is -0.475. The zero-order valence-electron chi connectivity index (χ0n) is 17.0. The molecule has 6 nitrogen and oxygen atoms in total. The lowest BCUT2D eigenvalue weighted by Gasteiger charge is -2.22. The van der Waals surface area contributed by atoms with Crippen LogP contribution in [-0.4, -0.2) is 30.8 Å². The van der Waals surface area contributed by atoms with Crippen LogP contribution in [0.25, 0.3) is 0 Å². The van der Waals surface area contributed by atoms with Crippen molar-refractivity contribution in [1.82, 2.24) is 5.32 Å². The fraction of sp³-hybridized carbons (Fsp3) is 0.364. The standard InChI is InChI=1S/C22H26FNO5/c1-22(2,3)29-21(26)24-19(20(25)27-4)13-15-9-11-17(12-10-15)28-14-16-7-5-6-8-18(16)23/h5-12,19H,13-14H2,1-4H3,(H,24,26)/t19-/m0/s1. The fourth-order valence-electron chi connectivity index (χ4n) is 2.52. The number of alkyl carbamates (subject to hydrolysis) is 1. The van der Waals surface area contributed by atoms with Crippen LogP contribution in [0, 0.1) is 5.82 Å². The van der Waals surface area contributed by atoms with Crippen LogP contribution in [0.5, 0.6) is 5.75 Å². The monoisotopic (exact) mass is 403 g/mol. The topological polar surface area (TPSA) is 73.9 Å². The summed E-state index contributed by atoms with van der Waals surface area (Å²) in [7, 11) is 1.26. The number of carbonyl (C=O) groups is 2. The zero-order chi connectivity index (χ0) is 21.4. The van der Waals surface area contributed by atoms with Crippen molar-refractivity contribution in [2.75, 3.05) is 7.11 Å². The first-order valence-corrected chi connectivity index (χ1v) is 9.20. The first-order valence-electron chi connectivity index (χ1n) is 9.20. The number of hydrogen-bond acceptors (Lipinski definition) is 5. The number of amides is 1. The summed E-state index contributed by atoms with van der Waals surface area (Å²) in [5.41, 5.74) is 0.570. The number of benzene rings is 2. The van der Waals surface area contributed by atoms with Gasteiger partial charge in [-0.25, -0.2) is 14.0 Å².